The zero-order valence-corrected chi connectivity index (χ0v) is 19.9. The van der Waals surface area contributed by atoms with Crippen LogP contribution in [0.25, 0.3) is 0 Å². The maximum Gasteiger partial charge on any atom is 0.433 e. The summed E-state index contributed by atoms with van der Waals surface area (Å²) in [7, 11) is 1.78. The second-order valence-corrected chi connectivity index (χ2v) is 9.70. The molecule has 1 amide bonds. The first-order chi connectivity index (χ1) is 16.7. The zero-order chi connectivity index (χ0) is 24.8. The molecular weight excluding hydrogens is 483 g/mol. The maximum absolute atomic E-state index is 13.5. The average molecular weight is 509 g/mol. The van der Waals surface area contributed by atoms with Gasteiger partial charge >= 0.3 is 12.1 Å². The molecule has 1 unspecified atom stereocenters. The number of piperidine rings is 1. The standard InChI is InChI=1S/C24H25ClF3N5O2/c1-33(21-4-2-3-20(31-21)24(26,27)28)19-13-16(25)5-6-18(19)30-23(33)32-10-7-15(8-11-32)22(34)29-17-9-12-35-14-17/h2-6,13,15,17H,7-12,14H2,1H3/p+1/t17?,33-/m1/s1. The molecule has 0 spiro atoms. The Hall–Kier alpha value is -2.69. The van der Waals surface area contributed by atoms with Crippen LogP contribution in [0.2, 0.25) is 5.02 Å². The lowest BCUT2D eigenvalue weighted by atomic mass is 9.95. The molecule has 1 aromatic carbocycles. The van der Waals surface area contributed by atoms with Crippen LogP contribution in [0.3, 0.4) is 0 Å². The third-order valence-electron chi connectivity index (χ3n) is 6.95. The van der Waals surface area contributed by atoms with E-state index in [9.17, 15) is 18.0 Å². The molecule has 186 valence electrons. The summed E-state index contributed by atoms with van der Waals surface area (Å²) in [6, 6.07) is 9.15. The number of rotatable bonds is 3. The Morgan fingerprint density at radius 3 is 2.66 bits per heavy atom. The van der Waals surface area contributed by atoms with Crippen LogP contribution in [0.1, 0.15) is 25.0 Å². The second-order valence-electron chi connectivity index (χ2n) is 9.26. The lowest BCUT2D eigenvalue weighted by Gasteiger charge is -2.38. The van der Waals surface area contributed by atoms with E-state index in [1.165, 1.54) is 6.07 Å². The molecule has 2 saturated heterocycles. The SMILES string of the molecule is C[N@@+]1(c2cccc(C(F)(F)F)n2)C(N2CCC(C(=O)NC3CCOC3)CC2)=Nc2ccc(Cl)cc21. The number of carbonyl (C=O) groups is 1. The van der Waals surface area contributed by atoms with E-state index in [-0.39, 0.29) is 28.2 Å². The van der Waals surface area contributed by atoms with Crippen LogP contribution >= 0.6 is 11.6 Å². The van der Waals surface area contributed by atoms with Crippen molar-refractivity contribution in [3.63, 3.8) is 0 Å². The molecule has 4 heterocycles. The minimum atomic E-state index is -4.57. The molecule has 2 atom stereocenters. The number of hydrogen-bond donors (Lipinski definition) is 1. The third kappa shape index (κ3) is 4.50. The fourth-order valence-corrected chi connectivity index (χ4v) is 5.15. The van der Waals surface area contributed by atoms with Gasteiger partial charge in [-0.3, -0.25) is 4.79 Å². The number of pyridine rings is 1. The molecule has 35 heavy (non-hydrogen) atoms. The quantitative estimate of drug-likeness (QED) is 0.613. The van der Waals surface area contributed by atoms with Gasteiger partial charge in [0, 0.05) is 42.8 Å². The number of nitrogens with zero attached hydrogens (tertiary/aromatic N) is 4. The van der Waals surface area contributed by atoms with Gasteiger partial charge in [-0.05, 0) is 37.5 Å². The van der Waals surface area contributed by atoms with Gasteiger partial charge in [-0.1, -0.05) is 17.7 Å². The monoisotopic (exact) mass is 508 g/mol. The van der Waals surface area contributed by atoms with Crippen molar-refractivity contribution in [1.82, 2.24) is 19.7 Å². The Morgan fingerprint density at radius 2 is 1.97 bits per heavy atom. The molecule has 0 bridgehead atoms. The highest BCUT2D eigenvalue weighted by molar-refractivity contribution is 6.31. The number of aliphatic imine (C=N–C) groups is 1. The smallest absolute Gasteiger partial charge is 0.379 e. The van der Waals surface area contributed by atoms with Crippen molar-refractivity contribution >= 4 is 40.7 Å². The normalized spacial score (nSPS) is 24.9. The lowest BCUT2D eigenvalue weighted by molar-refractivity contribution is -0.141. The highest BCUT2D eigenvalue weighted by Crippen LogP contribution is 2.47. The molecule has 3 aliphatic rings. The lowest BCUT2D eigenvalue weighted by Crippen LogP contribution is -2.56. The molecule has 2 fully saturated rings. The van der Waals surface area contributed by atoms with Gasteiger partial charge in [0.2, 0.25) is 11.7 Å². The molecule has 0 radical (unpaired) electrons. The summed E-state index contributed by atoms with van der Waals surface area (Å²) in [4.78, 5) is 23.6. The minimum Gasteiger partial charge on any atom is -0.379 e. The Balaban J connectivity index is 1.42. The minimum absolute atomic E-state index is 0.0281. The van der Waals surface area contributed by atoms with Crippen molar-refractivity contribution < 1.29 is 22.7 Å². The Bertz CT molecular complexity index is 1160. The number of benzene rings is 1. The predicted molar refractivity (Wildman–Crippen MR) is 127 cm³/mol. The van der Waals surface area contributed by atoms with Gasteiger partial charge in [0.25, 0.3) is 0 Å². The molecule has 5 rings (SSSR count). The number of likely N-dealkylation sites (tertiary alicyclic amines) is 1. The molecule has 1 N–H and O–H groups in total. The Kier molecular flexibility index (Phi) is 6.23. The van der Waals surface area contributed by atoms with Gasteiger partial charge in [0.15, 0.2) is 11.4 Å². The van der Waals surface area contributed by atoms with Crippen LogP contribution in [0, 0.1) is 5.92 Å². The van der Waals surface area contributed by atoms with Crippen molar-refractivity contribution in [2.75, 3.05) is 33.4 Å². The summed E-state index contributed by atoms with van der Waals surface area (Å²) >= 11 is 6.27. The van der Waals surface area contributed by atoms with Crippen molar-refractivity contribution in [1.29, 1.82) is 0 Å². The van der Waals surface area contributed by atoms with Crippen LogP contribution in [0.5, 0.6) is 0 Å². The molecule has 2 aromatic rings. The highest BCUT2D eigenvalue weighted by Gasteiger charge is 2.48. The number of halogens is 4. The van der Waals surface area contributed by atoms with Gasteiger partial charge in [-0.2, -0.15) is 27.6 Å². The third-order valence-corrected chi connectivity index (χ3v) is 7.18. The summed E-state index contributed by atoms with van der Waals surface area (Å²) in [5.74, 6) is 0.661. The van der Waals surface area contributed by atoms with Gasteiger partial charge in [0.1, 0.15) is 5.69 Å². The first-order valence-corrected chi connectivity index (χ1v) is 12.0. The van der Waals surface area contributed by atoms with E-state index in [2.05, 4.69) is 10.3 Å². The van der Waals surface area contributed by atoms with E-state index in [0.29, 0.717) is 61.5 Å². The number of ether oxygens (including phenoxy) is 1. The van der Waals surface area contributed by atoms with E-state index in [1.54, 1.807) is 31.3 Å². The fourth-order valence-electron chi connectivity index (χ4n) is 4.98. The molecule has 11 heteroatoms. The van der Waals surface area contributed by atoms with Crippen LogP contribution in [-0.4, -0.2) is 61.1 Å². The van der Waals surface area contributed by atoms with Crippen LogP contribution in [0.4, 0.5) is 30.4 Å². The number of nitrogens with one attached hydrogen (secondary N) is 1. The van der Waals surface area contributed by atoms with Crippen molar-refractivity contribution in [2.24, 2.45) is 10.9 Å². The first kappa shape index (κ1) is 24.0. The highest BCUT2D eigenvalue weighted by atomic mass is 35.5. The van der Waals surface area contributed by atoms with E-state index in [4.69, 9.17) is 21.3 Å². The largest absolute Gasteiger partial charge is 0.433 e. The molecule has 7 nitrogen and oxygen atoms in total. The number of quaternary nitrogens is 1. The summed E-state index contributed by atoms with van der Waals surface area (Å²) < 4.78 is 45.6. The first-order valence-electron chi connectivity index (χ1n) is 11.6. The zero-order valence-electron chi connectivity index (χ0n) is 19.2. The van der Waals surface area contributed by atoms with Crippen LogP contribution in [0.15, 0.2) is 41.4 Å². The van der Waals surface area contributed by atoms with Crippen molar-refractivity contribution in [3.05, 3.63) is 47.1 Å². The molecule has 0 saturated carbocycles. The number of hydrogen-bond acceptors (Lipinski definition) is 5. The fraction of sp³-hybridized carbons (Fsp3) is 0.458. The van der Waals surface area contributed by atoms with E-state index >= 15 is 0 Å². The molecule has 3 aliphatic heterocycles. The second kappa shape index (κ2) is 9.07. The topological polar surface area (TPSA) is 66.8 Å². The van der Waals surface area contributed by atoms with Crippen molar-refractivity contribution in [3.8, 4) is 0 Å². The number of amides is 1. The van der Waals surface area contributed by atoms with E-state index in [0.717, 1.165) is 12.5 Å². The van der Waals surface area contributed by atoms with E-state index in [1.807, 2.05) is 4.90 Å². The summed E-state index contributed by atoms with van der Waals surface area (Å²) in [5.41, 5.74) is 0.322. The van der Waals surface area contributed by atoms with Gasteiger partial charge in [-0.25, -0.2) is 0 Å². The molecular formula is C24H26ClF3N5O2+. The number of alkyl halides is 3. The van der Waals surface area contributed by atoms with Gasteiger partial charge < -0.3 is 15.0 Å². The van der Waals surface area contributed by atoms with Crippen LogP contribution < -0.4 is 9.80 Å². The number of carbonyl (C=O) groups excluding carboxylic acids is 1. The molecule has 1 aromatic heterocycles. The van der Waals surface area contributed by atoms with Gasteiger partial charge in [-0.15, -0.1) is 0 Å². The Morgan fingerprint density at radius 1 is 1.20 bits per heavy atom. The summed E-state index contributed by atoms with van der Waals surface area (Å²) in [6.07, 6.45) is -2.52. The van der Waals surface area contributed by atoms with Crippen molar-refractivity contribution in [2.45, 2.75) is 31.5 Å². The maximum atomic E-state index is 13.5. The Labute approximate surface area is 206 Å². The van der Waals surface area contributed by atoms with E-state index < -0.39 is 11.9 Å². The van der Waals surface area contributed by atoms with Gasteiger partial charge in [0.05, 0.1) is 19.7 Å². The predicted octanol–water partition coefficient (Wildman–Crippen LogP) is 4.64. The van der Waals surface area contributed by atoms with Crippen LogP contribution in [-0.2, 0) is 15.7 Å². The average Bonchev–Trinajstić information content (AvgIpc) is 3.45. The molecule has 0 aliphatic carbocycles. The number of aromatic nitrogens is 1. The summed E-state index contributed by atoms with van der Waals surface area (Å²) in [6.45, 7) is 2.30. The summed E-state index contributed by atoms with van der Waals surface area (Å²) in [5, 5.41) is 3.53. The number of guanidine groups is 1. The number of fused-ring (bicyclic) bond motifs is 1.